The van der Waals surface area contributed by atoms with E-state index in [1.165, 1.54) is 12.4 Å². The Balaban J connectivity index is 2.03. The van der Waals surface area contributed by atoms with Crippen LogP contribution >= 0.6 is 0 Å². The first-order valence-corrected chi connectivity index (χ1v) is 5.48. The number of aryl methyl sites for hydroxylation is 2. The summed E-state index contributed by atoms with van der Waals surface area (Å²) < 4.78 is 5.36. The normalized spacial score (nSPS) is 10.3. The summed E-state index contributed by atoms with van der Waals surface area (Å²) in [6, 6.07) is 1.58. The lowest BCUT2D eigenvalue weighted by molar-refractivity contribution is 0.0947. The molecule has 0 aliphatic carbocycles. The van der Waals surface area contributed by atoms with Crippen molar-refractivity contribution in [2.24, 2.45) is 0 Å². The number of hydrogen-bond donors (Lipinski definition) is 2. The van der Waals surface area contributed by atoms with Crippen LogP contribution in [0, 0.1) is 13.8 Å². The Morgan fingerprint density at radius 1 is 1.50 bits per heavy atom. The highest BCUT2D eigenvalue weighted by atomic mass is 16.4. The van der Waals surface area contributed by atoms with Crippen LogP contribution in [0.1, 0.15) is 27.7 Å². The summed E-state index contributed by atoms with van der Waals surface area (Å²) in [5.41, 5.74) is 7.23. The lowest BCUT2D eigenvalue weighted by Gasteiger charge is -2.04. The Labute approximate surface area is 104 Å². The fourth-order valence-electron chi connectivity index (χ4n) is 1.46. The molecule has 0 unspecified atom stereocenters. The van der Waals surface area contributed by atoms with Crippen molar-refractivity contribution >= 4 is 11.6 Å². The number of carbonyl (C=O) groups excluding carboxylic acids is 1. The van der Waals surface area contributed by atoms with E-state index in [4.69, 9.17) is 10.2 Å². The van der Waals surface area contributed by atoms with Crippen molar-refractivity contribution in [3.63, 3.8) is 0 Å². The minimum Gasteiger partial charge on any atom is -0.444 e. The molecule has 0 aliphatic heterocycles. The van der Waals surface area contributed by atoms with Gasteiger partial charge in [0, 0.05) is 18.1 Å². The van der Waals surface area contributed by atoms with Gasteiger partial charge in [-0.05, 0) is 19.9 Å². The standard InChI is InChI=1S/C12H14N4O2/c1-7-8(2)18-11(16-7)6-15-12(17)9-5-14-4-3-10(9)13/h3-5H,6H2,1-2H3,(H2,13,14)(H,15,17). The Kier molecular flexibility index (Phi) is 3.27. The average molecular weight is 246 g/mol. The minimum atomic E-state index is -0.297. The number of amides is 1. The second-order valence-corrected chi connectivity index (χ2v) is 3.89. The second kappa shape index (κ2) is 4.87. The maximum Gasteiger partial charge on any atom is 0.255 e. The van der Waals surface area contributed by atoms with E-state index in [0.29, 0.717) is 17.1 Å². The van der Waals surface area contributed by atoms with Gasteiger partial charge in [0.2, 0.25) is 5.89 Å². The predicted octanol–water partition coefficient (Wildman–Crippen LogP) is 1.20. The van der Waals surface area contributed by atoms with Crippen molar-refractivity contribution in [2.45, 2.75) is 20.4 Å². The molecular weight excluding hydrogens is 232 g/mol. The Hall–Kier alpha value is -2.37. The van der Waals surface area contributed by atoms with Crippen molar-refractivity contribution in [1.29, 1.82) is 0 Å². The first kappa shape index (κ1) is 12.1. The number of nitrogens with two attached hydrogens (primary N) is 1. The van der Waals surface area contributed by atoms with Crippen LogP contribution in [0.4, 0.5) is 5.69 Å². The van der Waals surface area contributed by atoms with E-state index in [1.807, 2.05) is 13.8 Å². The second-order valence-electron chi connectivity index (χ2n) is 3.89. The van der Waals surface area contributed by atoms with Crippen LogP contribution in [-0.2, 0) is 6.54 Å². The molecule has 0 fully saturated rings. The molecule has 3 N–H and O–H groups in total. The summed E-state index contributed by atoms with van der Waals surface area (Å²) in [4.78, 5) is 19.9. The molecule has 6 heteroatoms. The number of rotatable bonds is 3. The summed E-state index contributed by atoms with van der Waals surface area (Å²) in [7, 11) is 0. The molecule has 0 aromatic carbocycles. The molecule has 0 aliphatic rings. The van der Waals surface area contributed by atoms with Crippen molar-refractivity contribution in [1.82, 2.24) is 15.3 Å². The van der Waals surface area contributed by atoms with Crippen LogP contribution in [0.2, 0.25) is 0 Å². The predicted molar refractivity (Wildman–Crippen MR) is 65.8 cm³/mol. The first-order valence-electron chi connectivity index (χ1n) is 5.48. The molecule has 0 saturated carbocycles. The highest BCUT2D eigenvalue weighted by Gasteiger charge is 2.11. The molecule has 2 heterocycles. The Morgan fingerprint density at radius 3 is 2.89 bits per heavy atom. The van der Waals surface area contributed by atoms with E-state index in [1.54, 1.807) is 6.07 Å². The third-order valence-corrected chi connectivity index (χ3v) is 2.57. The molecule has 94 valence electrons. The lowest BCUT2D eigenvalue weighted by Crippen LogP contribution is -2.24. The monoisotopic (exact) mass is 246 g/mol. The van der Waals surface area contributed by atoms with Gasteiger partial charge >= 0.3 is 0 Å². The van der Waals surface area contributed by atoms with E-state index in [9.17, 15) is 4.79 Å². The molecule has 1 amide bonds. The van der Waals surface area contributed by atoms with Crippen LogP contribution in [0.5, 0.6) is 0 Å². The van der Waals surface area contributed by atoms with Gasteiger partial charge in [-0.15, -0.1) is 0 Å². The molecule has 0 radical (unpaired) electrons. The molecule has 2 aromatic rings. The number of anilines is 1. The number of oxazole rings is 1. The van der Waals surface area contributed by atoms with Crippen molar-refractivity contribution in [3.8, 4) is 0 Å². The van der Waals surface area contributed by atoms with E-state index in [-0.39, 0.29) is 12.5 Å². The van der Waals surface area contributed by atoms with E-state index in [2.05, 4.69) is 15.3 Å². The summed E-state index contributed by atoms with van der Waals surface area (Å²) >= 11 is 0. The van der Waals surface area contributed by atoms with Gasteiger partial charge in [-0.2, -0.15) is 0 Å². The third kappa shape index (κ3) is 2.48. The van der Waals surface area contributed by atoms with Crippen LogP contribution < -0.4 is 11.1 Å². The molecule has 0 bridgehead atoms. The zero-order valence-corrected chi connectivity index (χ0v) is 10.2. The largest absolute Gasteiger partial charge is 0.444 e. The number of hydrogen-bond acceptors (Lipinski definition) is 5. The van der Waals surface area contributed by atoms with Gasteiger partial charge < -0.3 is 15.5 Å². The topological polar surface area (TPSA) is 94.0 Å². The molecule has 0 saturated heterocycles. The molecule has 6 nitrogen and oxygen atoms in total. The van der Waals surface area contributed by atoms with Gasteiger partial charge in [-0.3, -0.25) is 9.78 Å². The van der Waals surface area contributed by atoms with E-state index < -0.39 is 0 Å². The SMILES string of the molecule is Cc1nc(CNC(=O)c2cnccc2N)oc1C. The maximum absolute atomic E-state index is 11.8. The number of pyridine rings is 1. The molecule has 2 aromatic heterocycles. The van der Waals surface area contributed by atoms with Gasteiger partial charge in [0.1, 0.15) is 5.76 Å². The van der Waals surface area contributed by atoms with Gasteiger partial charge in [0.25, 0.3) is 5.91 Å². The first-order chi connectivity index (χ1) is 8.58. The van der Waals surface area contributed by atoms with Crippen molar-refractivity contribution < 1.29 is 9.21 Å². The molecule has 0 atom stereocenters. The van der Waals surface area contributed by atoms with Crippen molar-refractivity contribution in [2.75, 3.05) is 5.73 Å². The fraction of sp³-hybridized carbons (Fsp3) is 0.250. The fourth-order valence-corrected chi connectivity index (χ4v) is 1.46. The van der Waals surface area contributed by atoms with Crippen molar-refractivity contribution in [3.05, 3.63) is 41.4 Å². The molecular formula is C12H14N4O2. The van der Waals surface area contributed by atoms with Crippen LogP contribution in [0.3, 0.4) is 0 Å². The summed E-state index contributed by atoms with van der Waals surface area (Å²) in [6.45, 7) is 3.90. The van der Waals surface area contributed by atoms with Crippen LogP contribution in [0.25, 0.3) is 0 Å². The lowest BCUT2D eigenvalue weighted by atomic mass is 10.2. The molecule has 18 heavy (non-hydrogen) atoms. The quantitative estimate of drug-likeness (QED) is 0.848. The maximum atomic E-state index is 11.8. The number of nitrogen functional groups attached to an aromatic ring is 1. The number of carbonyl (C=O) groups is 1. The van der Waals surface area contributed by atoms with Gasteiger partial charge in [-0.25, -0.2) is 4.98 Å². The summed E-state index contributed by atoms with van der Waals surface area (Å²) in [5.74, 6) is 0.926. The van der Waals surface area contributed by atoms with E-state index in [0.717, 1.165) is 11.5 Å². The molecule has 0 spiro atoms. The highest BCUT2D eigenvalue weighted by molar-refractivity contribution is 5.98. The van der Waals surface area contributed by atoms with Gasteiger partial charge in [0.05, 0.1) is 17.8 Å². The average Bonchev–Trinajstić information content (AvgIpc) is 2.66. The smallest absolute Gasteiger partial charge is 0.255 e. The highest BCUT2D eigenvalue weighted by Crippen LogP contribution is 2.10. The minimum absolute atomic E-state index is 0.224. The zero-order valence-electron chi connectivity index (χ0n) is 10.2. The summed E-state index contributed by atoms with van der Waals surface area (Å²) in [6.07, 6.45) is 2.96. The van der Waals surface area contributed by atoms with Crippen LogP contribution in [-0.4, -0.2) is 15.9 Å². The van der Waals surface area contributed by atoms with Crippen LogP contribution in [0.15, 0.2) is 22.9 Å². The number of nitrogens with one attached hydrogen (secondary N) is 1. The van der Waals surface area contributed by atoms with Gasteiger partial charge in [-0.1, -0.05) is 0 Å². The summed E-state index contributed by atoms with van der Waals surface area (Å²) in [5, 5.41) is 2.68. The Bertz CT molecular complexity index is 558. The van der Waals surface area contributed by atoms with Gasteiger partial charge in [0.15, 0.2) is 0 Å². The Morgan fingerprint density at radius 2 is 2.28 bits per heavy atom. The number of nitrogens with zero attached hydrogens (tertiary/aromatic N) is 2. The van der Waals surface area contributed by atoms with E-state index >= 15 is 0 Å². The number of aromatic nitrogens is 2. The zero-order chi connectivity index (χ0) is 13.1. The third-order valence-electron chi connectivity index (χ3n) is 2.57. The molecule has 2 rings (SSSR count).